The Labute approximate surface area is 119 Å². The number of rotatable bonds is 3. The molecule has 1 saturated carbocycles. The minimum atomic E-state index is 0.385. The van der Waals surface area contributed by atoms with Crippen molar-refractivity contribution in [2.24, 2.45) is 18.4 Å². The largest absolute Gasteiger partial charge is 0.316 e. The molecule has 3 atom stereocenters. The molecule has 5 nitrogen and oxygen atoms in total. The Bertz CT molecular complexity index is 411. The maximum absolute atomic E-state index is 4.10. The van der Waals surface area contributed by atoms with Crippen LogP contribution in [0.15, 0.2) is 5.16 Å². The van der Waals surface area contributed by atoms with Crippen molar-refractivity contribution in [2.75, 3.05) is 7.05 Å². The Kier molecular flexibility index (Phi) is 4.50. The molecule has 1 aliphatic rings. The number of nitrogens with one attached hydrogen (secondary N) is 1. The van der Waals surface area contributed by atoms with Gasteiger partial charge in [-0.1, -0.05) is 32.5 Å². The standard InChI is InChI=1S/C13H25N5S/c1-13(2,3)9-6-7-10(14-4)11(8-9)19-12-15-16-17-18(12)5/h9-11,14H,6-8H2,1-5H3. The molecule has 1 aromatic rings. The van der Waals surface area contributed by atoms with Crippen molar-refractivity contribution in [3.05, 3.63) is 0 Å². The Hall–Kier alpha value is -0.620. The van der Waals surface area contributed by atoms with Gasteiger partial charge in [0, 0.05) is 18.3 Å². The van der Waals surface area contributed by atoms with Crippen LogP contribution in [0.2, 0.25) is 0 Å². The van der Waals surface area contributed by atoms with Crippen LogP contribution < -0.4 is 5.32 Å². The number of tetrazole rings is 1. The van der Waals surface area contributed by atoms with Crippen molar-refractivity contribution in [3.63, 3.8) is 0 Å². The number of hydrogen-bond donors (Lipinski definition) is 1. The van der Waals surface area contributed by atoms with Gasteiger partial charge >= 0.3 is 0 Å². The third kappa shape index (κ3) is 3.48. The summed E-state index contributed by atoms with van der Waals surface area (Å²) in [6.07, 6.45) is 3.77. The fourth-order valence-electron chi connectivity index (χ4n) is 2.83. The molecule has 1 N–H and O–H groups in total. The number of aromatic nitrogens is 4. The van der Waals surface area contributed by atoms with E-state index < -0.39 is 0 Å². The van der Waals surface area contributed by atoms with Gasteiger partial charge in [-0.15, -0.1) is 5.10 Å². The molecule has 2 rings (SSSR count). The van der Waals surface area contributed by atoms with Crippen molar-refractivity contribution in [1.82, 2.24) is 25.5 Å². The summed E-state index contributed by atoms with van der Waals surface area (Å²) in [5, 5.41) is 16.7. The Morgan fingerprint density at radius 1 is 1.32 bits per heavy atom. The molecule has 0 aliphatic heterocycles. The van der Waals surface area contributed by atoms with Gasteiger partial charge in [0.15, 0.2) is 0 Å². The third-order valence-electron chi connectivity index (χ3n) is 4.23. The zero-order valence-electron chi connectivity index (χ0n) is 12.6. The summed E-state index contributed by atoms with van der Waals surface area (Å²) in [4.78, 5) is 0. The van der Waals surface area contributed by atoms with Crippen LogP contribution in [0.1, 0.15) is 40.0 Å². The van der Waals surface area contributed by atoms with E-state index in [0.29, 0.717) is 16.7 Å². The first-order chi connectivity index (χ1) is 8.91. The molecule has 0 saturated heterocycles. The van der Waals surface area contributed by atoms with Crippen molar-refractivity contribution in [1.29, 1.82) is 0 Å². The van der Waals surface area contributed by atoms with Gasteiger partial charge in [0.2, 0.25) is 5.16 Å². The first-order valence-corrected chi connectivity index (χ1v) is 7.86. The molecule has 6 heteroatoms. The average molecular weight is 283 g/mol. The minimum Gasteiger partial charge on any atom is -0.316 e. The monoisotopic (exact) mass is 283 g/mol. The van der Waals surface area contributed by atoms with Gasteiger partial charge in [0.25, 0.3) is 0 Å². The molecule has 108 valence electrons. The topological polar surface area (TPSA) is 55.6 Å². The predicted octanol–water partition coefficient (Wildman–Crippen LogP) is 2.10. The number of thioether (sulfide) groups is 1. The summed E-state index contributed by atoms with van der Waals surface area (Å²) < 4.78 is 1.76. The van der Waals surface area contributed by atoms with E-state index in [2.05, 4.69) is 48.7 Å². The van der Waals surface area contributed by atoms with E-state index in [9.17, 15) is 0 Å². The van der Waals surface area contributed by atoms with Crippen LogP contribution in [0.3, 0.4) is 0 Å². The molecule has 0 amide bonds. The van der Waals surface area contributed by atoms with Crippen LogP contribution in [-0.2, 0) is 7.05 Å². The lowest BCUT2D eigenvalue weighted by atomic mass is 9.71. The summed E-state index contributed by atoms with van der Waals surface area (Å²) in [5.41, 5.74) is 0.385. The van der Waals surface area contributed by atoms with Gasteiger partial charge in [-0.3, -0.25) is 0 Å². The van der Waals surface area contributed by atoms with Crippen LogP contribution in [0.5, 0.6) is 0 Å². The summed E-state index contributed by atoms with van der Waals surface area (Å²) in [6, 6.07) is 0.556. The van der Waals surface area contributed by atoms with Gasteiger partial charge in [-0.05, 0) is 48.1 Å². The molecule has 1 heterocycles. The highest BCUT2D eigenvalue weighted by molar-refractivity contribution is 7.99. The summed E-state index contributed by atoms with van der Waals surface area (Å²) in [6.45, 7) is 7.05. The molecule has 0 bridgehead atoms. The molecular formula is C13H25N5S. The number of hydrogen-bond acceptors (Lipinski definition) is 5. The lowest BCUT2D eigenvalue weighted by Crippen LogP contribution is -2.43. The second-order valence-corrected chi connectivity index (χ2v) is 7.72. The first-order valence-electron chi connectivity index (χ1n) is 6.98. The average Bonchev–Trinajstić information content (AvgIpc) is 2.74. The number of aryl methyl sites for hydroxylation is 1. The minimum absolute atomic E-state index is 0.385. The van der Waals surface area contributed by atoms with E-state index in [0.717, 1.165) is 11.1 Å². The smallest absolute Gasteiger partial charge is 0.209 e. The maximum Gasteiger partial charge on any atom is 0.209 e. The molecule has 0 radical (unpaired) electrons. The quantitative estimate of drug-likeness (QED) is 0.920. The maximum atomic E-state index is 4.10. The van der Waals surface area contributed by atoms with E-state index in [1.165, 1.54) is 19.3 Å². The van der Waals surface area contributed by atoms with E-state index in [1.807, 2.05) is 18.8 Å². The van der Waals surface area contributed by atoms with E-state index >= 15 is 0 Å². The lowest BCUT2D eigenvalue weighted by Gasteiger charge is -2.41. The van der Waals surface area contributed by atoms with Crippen molar-refractivity contribution in [2.45, 2.75) is 56.5 Å². The van der Waals surface area contributed by atoms with Gasteiger partial charge < -0.3 is 5.32 Å². The van der Waals surface area contributed by atoms with Crippen molar-refractivity contribution >= 4 is 11.8 Å². The summed E-state index contributed by atoms with van der Waals surface area (Å²) >= 11 is 1.81. The Balaban J connectivity index is 2.08. The molecule has 1 aromatic heterocycles. The van der Waals surface area contributed by atoms with Gasteiger partial charge in [0.1, 0.15) is 0 Å². The van der Waals surface area contributed by atoms with E-state index in [-0.39, 0.29) is 0 Å². The van der Waals surface area contributed by atoms with Crippen LogP contribution in [0.25, 0.3) is 0 Å². The molecule has 0 aromatic carbocycles. The second-order valence-electron chi connectivity index (χ2n) is 6.51. The predicted molar refractivity (Wildman–Crippen MR) is 78.1 cm³/mol. The highest BCUT2D eigenvalue weighted by Gasteiger charge is 2.36. The van der Waals surface area contributed by atoms with Crippen LogP contribution in [0, 0.1) is 11.3 Å². The van der Waals surface area contributed by atoms with Crippen LogP contribution >= 0.6 is 11.8 Å². The SMILES string of the molecule is CNC1CCC(C(C)(C)C)CC1Sc1nnnn1C. The molecule has 3 unspecified atom stereocenters. The second kappa shape index (κ2) is 5.79. The van der Waals surface area contributed by atoms with E-state index in [4.69, 9.17) is 0 Å². The van der Waals surface area contributed by atoms with Gasteiger partial charge in [-0.2, -0.15) is 0 Å². The van der Waals surface area contributed by atoms with Crippen molar-refractivity contribution in [3.8, 4) is 0 Å². The molecule has 1 fully saturated rings. The lowest BCUT2D eigenvalue weighted by molar-refractivity contribution is 0.167. The zero-order chi connectivity index (χ0) is 14.0. The van der Waals surface area contributed by atoms with Gasteiger partial charge in [0.05, 0.1) is 0 Å². The van der Waals surface area contributed by atoms with Crippen LogP contribution in [-0.4, -0.2) is 38.5 Å². The fraction of sp³-hybridized carbons (Fsp3) is 0.923. The van der Waals surface area contributed by atoms with Crippen LogP contribution in [0.4, 0.5) is 0 Å². The van der Waals surface area contributed by atoms with Gasteiger partial charge in [-0.25, -0.2) is 4.68 Å². The molecule has 19 heavy (non-hydrogen) atoms. The number of nitrogens with zero attached hydrogens (tertiary/aromatic N) is 4. The zero-order valence-corrected chi connectivity index (χ0v) is 13.4. The highest BCUT2D eigenvalue weighted by Crippen LogP contribution is 2.42. The first kappa shape index (κ1) is 14.8. The fourth-order valence-corrected chi connectivity index (χ4v) is 4.14. The van der Waals surface area contributed by atoms with E-state index in [1.54, 1.807) is 4.68 Å². The normalized spacial score (nSPS) is 28.6. The Morgan fingerprint density at radius 3 is 2.58 bits per heavy atom. The third-order valence-corrected chi connectivity index (χ3v) is 5.61. The van der Waals surface area contributed by atoms with Crippen molar-refractivity contribution < 1.29 is 0 Å². The summed E-state index contributed by atoms with van der Waals surface area (Å²) in [5.74, 6) is 0.774. The summed E-state index contributed by atoms with van der Waals surface area (Å²) in [7, 11) is 3.96. The molecule has 0 spiro atoms. The molecular weight excluding hydrogens is 258 g/mol. The highest BCUT2D eigenvalue weighted by atomic mass is 32.2. The molecule has 1 aliphatic carbocycles. The Morgan fingerprint density at radius 2 is 2.05 bits per heavy atom.